The highest BCUT2D eigenvalue weighted by molar-refractivity contribution is 5.76. The van der Waals surface area contributed by atoms with E-state index in [0.29, 0.717) is 17.1 Å². The Labute approximate surface area is 127 Å². The summed E-state index contributed by atoms with van der Waals surface area (Å²) in [5.74, 6) is 1.14. The van der Waals surface area contributed by atoms with Crippen molar-refractivity contribution in [1.29, 1.82) is 0 Å². The molecule has 0 aliphatic heterocycles. The van der Waals surface area contributed by atoms with Gasteiger partial charge in [-0.15, -0.1) is 0 Å². The van der Waals surface area contributed by atoms with E-state index in [4.69, 9.17) is 4.42 Å². The van der Waals surface area contributed by atoms with Gasteiger partial charge in [-0.2, -0.15) is 5.10 Å². The van der Waals surface area contributed by atoms with E-state index < -0.39 is 4.92 Å². The predicted octanol–water partition coefficient (Wildman–Crippen LogP) is 2.19. The average Bonchev–Trinajstić information content (AvgIpc) is 2.94. The van der Waals surface area contributed by atoms with Gasteiger partial charge in [0.25, 0.3) is 0 Å². The molecule has 8 heteroatoms. The highest BCUT2D eigenvalue weighted by Gasteiger charge is 2.23. The fraction of sp³-hybridized carbons (Fsp3) is 0.429. The number of hydrogen-bond donors (Lipinski definition) is 1. The number of aromatic nitrogens is 2. The molecule has 118 valence electrons. The van der Waals surface area contributed by atoms with Crippen LogP contribution in [0.2, 0.25) is 0 Å². The third-order valence-corrected chi connectivity index (χ3v) is 3.38. The first kappa shape index (κ1) is 15.7. The summed E-state index contributed by atoms with van der Waals surface area (Å²) in [6.45, 7) is 6.68. The molecule has 0 saturated carbocycles. The number of hydrogen-bond acceptors (Lipinski definition) is 5. The van der Waals surface area contributed by atoms with Crippen molar-refractivity contribution in [2.24, 2.45) is 0 Å². The number of carbonyl (C=O) groups excluding carboxylic acids is 1. The van der Waals surface area contributed by atoms with Crippen LogP contribution in [0.4, 0.5) is 5.69 Å². The summed E-state index contributed by atoms with van der Waals surface area (Å²) in [6, 6.07) is 3.34. The van der Waals surface area contributed by atoms with Gasteiger partial charge in [0.1, 0.15) is 29.5 Å². The minimum atomic E-state index is -0.486. The van der Waals surface area contributed by atoms with Gasteiger partial charge in [-0.3, -0.25) is 19.6 Å². The molecule has 0 bridgehead atoms. The van der Waals surface area contributed by atoms with Crippen molar-refractivity contribution in [3.8, 4) is 0 Å². The number of rotatable bonds is 5. The Hall–Kier alpha value is -2.64. The van der Waals surface area contributed by atoms with Crippen LogP contribution >= 0.6 is 0 Å². The molecule has 1 N–H and O–H groups in total. The molecule has 2 heterocycles. The van der Waals surface area contributed by atoms with Gasteiger partial charge >= 0.3 is 5.69 Å². The maximum atomic E-state index is 12.1. The lowest BCUT2D eigenvalue weighted by Crippen LogP contribution is -2.30. The highest BCUT2D eigenvalue weighted by atomic mass is 16.6. The van der Waals surface area contributed by atoms with Crippen LogP contribution in [0.5, 0.6) is 0 Å². The highest BCUT2D eigenvalue weighted by Crippen LogP contribution is 2.21. The number of furan rings is 1. The molecular formula is C14H18N4O4. The van der Waals surface area contributed by atoms with Crippen molar-refractivity contribution < 1.29 is 14.1 Å². The van der Waals surface area contributed by atoms with Gasteiger partial charge in [0.05, 0.1) is 11.0 Å². The molecule has 22 heavy (non-hydrogen) atoms. The Kier molecular flexibility index (Phi) is 4.30. The first-order valence-electron chi connectivity index (χ1n) is 6.83. The van der Waals surface area contributed by atoms with Gasteiger partial charge in [0.15, 0.2) is 0 Å². The molecule has 2 aromatic rings. The molecular weight excluding hydrogens is 288 g/mol. The zero-order valence-corrected chi connectivity index (χ0v) is 12.9. The van der Waals surface area contributed by atoms with Crippen LogP contribution in [0.3, 0.4) is 0 Å². The zero-order chi connectivity index (χ0) is 16.4. The summed E-state index contributed by atoms with van der Waals surface area (Å²) in [6.07, 6.45) is 0. The van der Waals surface area contributed by atoms with Crippen molar-refractivity contribution in [1.82, 2.24) is 15.1 Å². The van der Waals surface area contributed by atoms with Gasteiger partial charge in [-0.1, -0.05) is 0 Å². The monoisotopic (exact) mass is 306 g/mol. The van der Waals surface area contributed by atoms with Crippen LogP contribution in [0.25, 0.3) is 0 Å². The average molecular weight is 306 g/mol. The molecule has 2 aromatic heterocycles. The molecule has 1 amide bonds. The van der Waals surface area contributed by atoms with Crippen LogP contribution in [-0.2, 0) is 11.3 Å². The number of amides is 1. The molecule has 8 nitrogen and oxygen atoms in total. The predicted molar refractivity (Wildman–Crippen MR) is 78.4 cm³/mol. The molecule has 0 unspecified atom stereocenters. The Bertz CT molecular complexity index is 716. The molecule has 1 atom stereocenters. The van der Waals surface area contributed by atoms with Crippen LogP contribution in [0.15, 0.2) is 16.5 Å². The maximum absolute atomic E-state index is 12.1. The van der Waals surface area contributed by atoms with E-state index in [2.05, 4.69) is 10.4 Å². The molecule has 0 aliphatic rings. The van der Waals surface area contributed by atoms with Crippen LogP contribution in [0.1, 0.15) is 35.9 Å². The molecule has 0 aliphatic carbocycles. The summed E-state index contributed by atoms with van der Waals surface area (Å²) < 4.78 is 6.78. The van der Waals surface area contributed by atoms with E-state index in [1.165, 1.54) is 4.68 Å². The number of carbonyl (C=O) groups is 1. The Morgan fingerprint density at radius 1 is 1.45 bits per heavy atom. The lowest BCUT2D eigenvalue weighted by molar-refractivity contribution is -0.386. The molecule has 2 rings (SSSR count). The van der Waals surface area contributed by atoms with Crippen molar-refractivity contribution in [2.75, 3.05) is 0 Å². The minimum Gasteiger partial charge on any atom is -0.464 e. The topological polar surface area (TPSA) is 103 Å². The van der Waals surface area contributed by atoms with Gasteiger partial charge in [-0.05, 0) is 39.8 Å². The van der Waals surface area contributed by atoms with Crippen molar-refractivity contribution in [3.05, 3.63) is 45.2 Å². The Balaban J connectivity index is 2.06. The zero-order valence-electron chi connectivity index (χ0n) is 12.9. The third kappa shape index (κ3) is 3.16. The van der Waals surface area contributed by atoms with E-state index >= 15 is 0 Å². The van der Waals surface area contributed by atoms with Gasteiger partial charge in [0, 0.05) is 0 Å². The van der Waals surface area contributed by atoms with Gasteiger partial charge < -0.3 is 9.73 Å². The summed E-state index contributed by atoms with van der Waals surface area (Å²) in [7, 11) is 0. The maximum Gasteiger partial charge on any atom is 0.312 e. The Morgan fingerprint density at radius 2 is 2.14 bits per heavy atom. The second kappa shape index (κ2) is 6.00. The first-order valence-corrected chi connectivity index (χ1v) is 6.83. The molecule has 0 saturated heterocycles. The number of nitro groups is 1. The van der Waals surface area contributed by atoms with E-state index in [9.17, 15) is 14.9 Å². The molecule has 0 radical (unpaired) electrons. The van der Waals surface area contributed by atoms with Crippen molar-refractivity contribution in [3.63, 3.8) is 0 Å². The minimum absolute atomic E-state index is 0.0532. The third-order valence-electron chi connectivity index (χ3n) is 3.38. The second-order valence-electron chi connectivity index (χ2n) is 5.17. The largest absolute Gasteiger partial charge is 0.464 e. The number of nitrogens with zero attached hydrogens (tertiary/aromatic N) is 3. The summed E-state index contributed by atoms with van der Waals surface area (Å²) in [4.78, 5) is 22.5. The van der Waals surface area contributed by atoms with E-state index in [-0.39, 0.29) is 24.2 Å². The van der Waals surface area contributed by atoms with E-state index in [1.54, 1.807) is 26.8 Å². The lowest BCUT2D eigenvalue weighted by Gasteiger charge is -2.12. The van der Waals surface area contributed by atoms with Crippen molar-refractivity contribution in [2.45, 2.75) is 40.3 Å². The molecule has 0 spiro atoms. The molecule has 0 fully saturated rings. The fourth-order valence-electron chi connectivity index (χ4n) is 2.29. The summed E-state index contributed by atoms with van der Waals surface area (Å²) >= 11 is 0. The van der Waals surface area contributed by atoms with Gasteiger partial charge in [-0.25, -0.2) is 0 Å². The van der Waals surface area contributed by atoms with Crippen LogP contribution in [-0.4, -0.2) is 20.6 Å². The summed E-state index contributed by atoms with van der Waals surface area (Å²) in [5.41, 5.74) is 0.603. The second-order valence-corrected chi connectivity index (χ2v) is 5.17. The smallest absolute Gasteiger partial charge is 0.312 e. The van der Waals surface area contributed by atoms with E-state index in [1.807, 2.05) is 13.0 Å². The Morgan fingerprint density at radius 3 is 2.64 bits per heavy atom. The van der Waals surface area contributed by atoms with Crippen LogP contribution in [0, 0.1) is 30.9 Å². The normalized spacial score (nSPS) is 12.2. The summed E-state index contributed by atoms with van der Waals surface area (Å²) in [5, 5.41) is 17.8. The van der Waals surface area contributed by atoms with E-state index in [0.717, 1.165) is 5.76 Å². The first-order chi connectivity index (χ1) is 10.3. The SMILES string of the molecule is Cc1ccc([C@@H](C)NC(=O)Cn2nc(C)c([N+](=O)[O-])c2C)o1. The quantitative estimate of drug-likeness (QED) is 0.673. The van der Waals surface area contributed by atoms with Crippen molar-refractivity contribution >= 4 is 11.6 Å². The standard InChI is InChI=1S/C14H18N4O4/c1-8-5-6-12(22-8)9(2)15-13(19)7-17-11(4)14(18(20)21)10(3)16-17/h5-6,9H,7H2,1-4H3,(H,15,19)/t9-/m1/s1. The number of aryl methyl sites for hydroxylation is 2. The fourth-order valence-corrected chi connectivity index (χ4v) is 2.29. The van der Waals surface area contributed by atoms with Gasteiger partial charge in [0.2, 0.25) is 5.91 Å². The lowest BCUT2D eigenvalue weighted by atomic mass is 10.2. The van der Waals surface area contributed by atoms with Crippen LogP contribution < -0.4 is 5.32 Å². The number of nitrogens with one attached hydrogen (secondary N) is 1. The molecule has 0 aromatic carbocycles.